The van der Waals surface area contributed by atoms with E-state index in [2.05, 4.69) is 22.9 Å². The van der Waals surface area contributed by atoms with E-state index < -0.39 is 0 Å². The summed E-state index contributed by atoms with van der Waals surface area (Å²) in [4.78, 5) is 6.80. The summed E-state index contributed by atoms with van der Waals surface area (Å²) in [6.07, 6.45) is 1.86. The Morgan fingerprint density at radius 3 is 3.12 bits per heavy atom. The van der Waals surface area contributed by atoms with Gasteiger partial charge in [-0.25, -0.2) is 4.98 Å². The first-order chi connectivity index (χ1) is 7.66. The molecule has 88 valence electrons. The van der Waals surface area contributed by atoms with Crippen molar-refractivity contribution in [1.29, 1.82) is 0 Å². The maximum Gasteiger partial charge on any atom is 0.128 e. The van der Waals surface area contributed by atoms with E-state index >= 15 is 0 Å². The van der Waals surface area contributed by atoms with Crippen LogP contribution < -0.4 is 10.6 Å². The maximum atomic E-state index is 5.89. The minimum absolute atomic E-state index is 0.0818. The van der Waals surface area contributed by atoms with Crippen LogP contribution in [0.25, 0.3) is 0 Å². The molecule has 1 aromatic rings. The Hall–Kier alpha value is -0.740. The normalized spacial score (nSPS) is 23.2. The topological polar surface area (TPSA) is 42.1 Å². The van der Waals surface area contributed by atoms with Crippen LogP contribution in [0, 0.1) is 0 Å². The van der Waals surface area contributed by atoms with E-state index in [0.29, 0.717) is 5.25 Å². The predicted molar refractivity (Wildman–Crippen MR) is 71.0 cm³/mol. The second-order valence-electron chi connectivity index (χ2n) is 4.36. The predicted octanol–water partition coefficient (Wildman–Crippen LogP) is 2.04. The van der Waals surface area contributed by atoms with Crippen molar-refractivity contribution in [1.82, 2.24) is 4.98 Å². The number of nitrogens with zero attached hydrogens (tertiary/aromatic N) is 2. The SMILES string of the molecule is CC1CN(c2cc([C@@H](C)N)ccn2)CCS1. The first kappa shape index (κ1) is 11.7. The van der Waals surface area contributed by atoms with Crippen LogP contribution in [0.1, 0.15) is 25.5 Å². The molecule has 1 fully saturated rings. The fourth-order valence-electron chi connectivity index (χ4n) is 1.92. The van der Waals surface area contributed by atoms with Crippen molar-refractivity contribution < 1.29 is 0 Å². The summed E-state index contributed by atoms with van der Waals surface area (Å²) in [6, 6.07) is 4.20. The number of hydrogen-bond acceptors (Lipinski definition) is 4. The van der Waals surface area contributed by atoms with Gasteiger partial charge in [-0.1, -0.05) is 6.92 Å². The van der Waals surface area contributed by atoms with Gasteiger partial charge in [0.15, 0.2) is 0 Å². The van der Waals surface area contributed by atoms with Crippen molar-refractivity contribution >= 4 is 17.6 Å². The third-order valence-corrected chi connectivity index (χ3v) is 4.00. The van der Waals surface area contributed by atoms with Gasteiger partial charge in [0, 0.05) is 36.3 Å². The molecule has 0 saturated carbocycles. The molecule has 0 bridgehead atoms. The van der Waals surface area contributed by atoms with Crippen LogP contribution in [0.5, 0.6) is 0 Å². The molecule has 2 rings (SSSR count). The van der Waals surface area contributed by atoms with Crippen LogP contribution >= 0.6 is 11.8 Å². The number of hydrogen-bond donors (Lipinski definition) is 1. The molecule has 0 radical (unpaired) electrons. The highest BCUT2D eigenvalue weighted by molar-refractivity contribution is 8.00. The largest absolute Gasteiger partial charge is 0.355 e. The Bertz CT molecular complexity index is 354. The lowest BCUT2D eigenvalue weighted by molar-refractivity contribution is 0.762. The van der Waals surface area contributed by atoms with E-state index in [4.69, 9.17) is 5.73 Å². The van der Waals surface area contributed by atoms with E-state index in [1.54, 1.807) is 0 Å². The molecule has 2 atom stereocenters. The summed E-state index contributed by atoms with van der Waals surface area (Å²) in [7, 11) is 0. The van der Waals surface area contributed by atoms with Crippen molar-refractivity contribution in [3.05, 3.63) is 23.9 Å². The summed E-state index contributed by atoms with van der Waals surface area (Å²) < 4.78 is 0. The number of pyridine rings is 1. The minimum atomic E-state index is 0.0818. The van der Waals surface area contributed by atoms with Gasteiger partial charge in [-0.3, -0.25) is 0 Å². The van der Waals surface area contributed by atoms with Crippen molar-refractivity contribution in [2.24, 2.45) is 5.73 Å². The molecule has 1 aromatic heterocycles. The van der Waals surface area contributed by atoms with E-state index in [1.807, 2.05) is 30.9 Å². The highest BCUT2D eigenvalue weighted by atomic mass is 32.2. The van der Waals surface area contributed by atoms with Crippen LogP contribution in [0.3, 0.4) is 0 Å². The van der Waals surface area contributed by atoms with Crippen molar-refractivity contribution in [2.45, 2.75) is 25.1 Å². The first-order valence-electron chi connectivity index (χ1n) is 5.75. The quantitative estimate of drug-likeness (QED) is 0.855. The van der Waals surface area contributed by atoms with E-state index in [0.717, 1.165) is 24.5 Å². The van der Waals surface area contributed by atoms with E-state index in [1.165, 1.54) is 5.75 Å². The van der Waals surface area contributed by atoms with E-state index in [9.17, 15) is 0 Å². The van der Waals surface area contributed by atoms with Crippen LogP contribution in [0.4, 0.5) is 5.82 Å². The summed E-state index contributed by atoms with van der Waals surface area (Å²) in [5.74, 6) is 2.26. The van der Waals surface area contributed by atoms with Crippen LogP contribution in [-0.4, -0.2) is 29.1 Å². The Morgan fingerprint density at radius 1 is 1.62 bits per heavy atom. The van der Waals surface area contributed by atoms with Crippen molar-refractivity contribution in [3.8, 4) is 0 Å². The molecule has 1 aliphatic heterocycles. The smallest absolute Gasteiger partial charge is 0.128 e. The zero-order chi connectivity index (χ0) is 11.5. The van der Waals surface area contributed by atoms with Crippen LogP contribution in [-0.2, 0) is 0 Å². The molecule has 0 aliphatic carbocycles. The zero-order valence-corrected chi connectivity index (χ0v) is 10.7. The fourth-order valence-corrected chi connectivity index (χ4v) is 2.93. The van der Waals surface area contributed by atoms with Gasteiger partial charge in [0.1, 0.15) is 5.82 Å². The Kier molecular flexibility index (Phi) is 3.71. The second kappa shape index (κ2) is 5.06. The third kappa shape index (κ3) is 2.68. The molecule has 16 heavy (non-hydrogen) atoms. The zero-order valence-electron chi connectivity index (χ0n) is 9.89. The summed E-state index contributed by atoms with van der Waals surface area (Å²) in [6.45, 7) is 6.45. The van der Waals surface area contributed by atoms with Crippen LogP contribution in [0.15, 0.2) is 18.3 Å². The second-order valence-corrected chi connectivity index (χ2v) is 5.91. The molecule has 2 N–H and O–H groups in total. The Labute approximate surface area is 101 Å². The Morgan fingerprint density at radius 2 is 2.44 bits per heavy atom. The van der Waals surface area contributed by atoms with Crippen LogP contribution in [0.2, 0.25) is 0 Å². The highest BCUT2D eigenvalue weighted by Gasteiger charge is 2.18. The summed E-state index contributed by atoms with van der Waals surface area (Å²) >= 11 is 2.03. The molecule has 4 heteroatoms. The lowest BCUT2D eigenvalue weighted by atomic mass is 10.1. The molecule has 1 saturated heterocycles. The van der Waals surface area contributed by atoms with Gasteiger partial charge in [0.2, 0.25) is 0 Å². The maximum absolute atomic E-state index is 5.89. The lowest BCUT2D eigenvalue weighted by Gasteiger charge is -2.31. The van der Waals surface area contributed by atoms with E-state index in [-0.39, 0.29) is 6.04 Å². The number of anilines is 1. The third-order valence-electron chi connectivity index (χ3n) is 2.86. The summed E-state index contributed by atoms with van der Waals surface area (Å²) in [5, 5.41) is 0.689. The monoisotopic (exact) mass is 237 g/mol. The lowest BCUT2D eigenvalue weighted by Crippen LogP contribution is -2.37. The number of rotatable bonds is 2. The molecule has 2 heterocycles. The molecular formula is C12H19N3S. The molecule has 0 aromatic carbocycles. The van der Waals surface area contributed by atoms with Gasteiger partial charge in [-0.05, 0) is 24.6 Å². The number of nitrogens with two attached hydrogens (primary N) is 1. The Balaban J connectivity index is 2.16. The molecular weight excluding hydrogens is 218 g/mol. The highest BCUT2D eigenvalue weighted by Crippen LogP contribution is 2.23. The fraction of sp³-hybridized carbons (Fsp3) is 0.583. The number of aromatic nitrogens is 1. The molecule has 0 amide bonds. The molecule has 1 unspecified atom stereocenters. The number of thioether (sulfide) groups is 1. The molecule has 1 aliphatic rings. The van der Waals surface area contributed by atoms with Gasteiger partial charge in [-0.15, -0.1) is 0 Å². The minimum Gasteiger partial charge on any atom is -0.355 e. The van der Waals surface area contributed by atoms with Crippen molar-refractivity contribution in [3.63, 3.8) is 0 Å². The van der Waals surface area contributed by atoms with Gasteiger partial charge < -0.3 is 10.6 Å². The average molecular weight is 237 g/mol. The average Bonchev–Trinajstić information content (AvgIpc) is 2.29. The molecule has 0 spiro atoms. The van der Waals surface area contributed by atoms with Gasteiger partial charge in [-0.2, -0.15) is 11.8 Å². The molecule has 3 nitrogen and oxygen atoms in total. The van der Waals surface area contributed by atoms with Gasteiger partial charge in [0.05, 0.1) is 0 Å². The summed E-state index contributed by atoms with van der Waals surface area (Å²) in [5.41, 5.74) is 7.05. The van der Waals surface area contributed by atoms with Crippen molar-refractivity contribution in [2.75, 3.05) is 23.7 Å². The first-order valence-corrected chi connectivity index (χ1v) is 6.80. The standard InChI is InChI=1S/C12H19N3S/c1-9-8-15(5-6-16-9)12-7-11(10(2)13)3-4-14-12/h3-4,7,9-10H,5-6,8,13H2,1-2H3/t9?,10-/m1/s1. The van der Waals surface area contributed by atoms with Gasteiger partial charge in [0.25, 0.3) is 0 Å². The van der Waals surface area contributed by atoms with Gasteiger partial charge >= 0.3 is 0 Å².